The van der Waals surface area contributed by atoms with Gasteiger partial charge in [-0.1, -0.05) is 38.0 Å². The molecule has 6 heteroatoms. The number of fused-ring (bicyclic) bond motifs is 1. The van der Waals surface area contributed by atoms with E-state index >= 15 is 0 Å². The van der Waals surface area contributed by atoms with Gasteiger partial charge in [-0.05, 0) is 49.1 Å². The van der Waals surface area contributed by atoms with Gasteiger partial charge in [0.05, 0.1) is 5.57 Å². The predicted molar refractivity (Wildman–Crippen MR) is 115 cm³/mol. The van der Waals surface area contributed by atoms with Crippen molar-refractivity contribution < 1.29 is 19.1 Å². The maximum atomic E-state index is 13.3. The van der Waals surface area contributed by atoms with Crippen LogP contribution < -0.4 is 14.8 Å². The first-order valence-electron chi connectivity index (χ1n) is 10.3. The molecular formula is C24H26N2O4. The highest BCUT2D eigenvalue weighted by Crippen LogP contribution is 2.36. The summed E-state index contributed by atoms with van der Waals surface area (Å²) in [4.78, 5) is 27.8. The van der Waals surface area contributed by atoms with E-state index in [2.05, 4.69) is 12.2 Å². The number of anilines is 1. The number of hydrogen-bond acceptors (Lipinski definition) is 5. The lowest BCUT2D eigenvalue weighted by atomic mass is 9.99. The van der Waals surface area contributed by atoms with Crippen LogP contribution in [0.4, 0.5) is 5.69 Å². The summed E-state index contributed by atoms with van der Waals surface area (Å²) >= 11 is 0. The van der Waals surface area contributed by atoms with Gasteiger partial charge >= 0.3 is 0 Å². The van der Waals surface area contributed by atoms with Gasteiger partial charge in [-0.2, -0.15) is 0 Å². The molecule has 2 heterocycles. The standard InChI is InChI=1S/C24H26N2O4/c1-4-5-6-11-26-23(27)21(17-8-7-15(2)16(3)12-17)22(24(26)28)25-18-9-10-19-20(13-18)30-14-29-19/h7-10,12-13,25H,4-6,11,14H2,1-3H3. The number of rotatable bonds is 7. The van der Waals surface area contributed by atoms with Crippen molar-refractivity contribution in [3.05, 3.63) is 58.8 Å². The normalized spacial score (nSPS) is 15.4. The number of carbonyl (C=O) groups excluding carboxylic acids is 2. The Morgan fingerprint density at radius 1 is 0.933 bits per heavy atom. The van der Waals surface area contributed by atoms with E-state index in [0.717, 1.165) is 36.0 Å². The molecule has 0 fully saturated rings. The highest BCUT2D eigenvalue weighted by Gasteiger charge is 2.39. The van der Waals surface area contributed by atoms with Crippen LogP contribution in [0.5, 0.6) is 11.5 Å². The molecule has 1 N–H and O–H groups in total. The molecule has 2 aliphatic rings. The fourth-order valence-electron chi connectivity index (χ4n) is 3.70. The zero-order valence-corrected chi connectivity index (χ0v) is 17.6. The van der Waals surface area contributed by atoms with Crippen LogP contribution in [-0.4, -0.2) is 30.1 Å². The molecule has 2 aliphatic heterocycles. The molecule has 4 rings (SSSR count). The van der Waals surface area contributed by atoms with Crippen molar-refractivity contribution in [3.8, 4) is 11.5 Å². The number of nitrogens with one attached hydrogen (secondary N) is 1. The maximum absolute atomic E-state index is 13.3. The van der Waals surface area contributed by atoms with Crippen LogP contribution in [0.15, 0.2) is 42.1 Å². The van der Waals surface area contributed by atoms with Gasteiger partial charge in [-0.15, -0.1) is 0 Å². The van der Waals surface area contributed by atoms with Crippen molar-refractivity contribution in [2.45, 2.75) is 40.0 Å². The van der Waals surface area contributed by atoms with Crippen molar-refractivity contribution in [1.29, 1.82) is 0 Å². The number of imide groups is 1. The first-order chi connectivity index (χ1) is 14.5. The number of benzene rings is 2. The SMILES string of the molecule is CCCCCN1C(=O)C(Nc2ccc3c(c2)OCO3)=C(c2ccc(C)c(C)c2)C1=O. The molecule has 0 unspecified atom stereocenters. The molecule has 0 bridgehead atoms. The van der Waals surface area contributed by atoms with Crippen LogP contribution in [-0.2, 0) is 9.59 Å². The fraction of sp³-hybridized carbons (Fsp3) is 0.333. The van der Waals surface area contributed by atoms with Crippen molar-refractivity contribution in [2.24, 2.45) is 0 Å². The minimum Gasteiger partial charge on any atom is -0.454 e. The average molecular weight is 406 g/mol. The molecule has 0 atom stereocenters. The molecule has 156 valence electrons. The lowest BCUT2D eigenvalue weighted by molar-refractivity contribution is -0.136. The van der Waals surface area contributed by atoms with Gasteiger partial charge in [0, 0.05) is 18.3 Å². The highest BCUT2D eigenvalue weighted by molar-refractivity contribution is 6.36. The van der Waals surface area contributed by atoms with Gasteiger partial charge in [0.2, 0.25) is 6.79 Å². The third-order valence-electron chi connectivity index (χ3n) is 5.59. The number of amides is 2. The minimum absolute atomic E-state index is 0.179. The van der Waals surface area contributed by atoms with Gasteiger partial charge in [-0.25, -0.2) is 0 Å². The van der Waals surface area contributed by atoms with Crippen LogP contribution in [0.1, 0.15) is 42.9 Å². The third kappa shape index (κ3) is 3.65. The molecule has 0 radical (unpaired) electrons. The number of ether oxygens (including phenoxy) is 2. The summed E-state index contributed by atoms with van der Waals surface area (Å²) in [5.41, 5.74) is 4.36. The minimum atomic E-state index is -0.290. The first-order valence-corrected chi connectivity index (χ1v) is 10.3. The van der Waals surface area contributed by atoms with E-state index in [-0.39, 0.29) is 18.6 Å². The zero-order valence-electron chi connectivity index (χ0n) is 17.6. The highest BCUT2D eigenvalue weighted by atomic mass is 16.7. The molecule has 0 saturated heterocycles. The van der Waals surface area contributed by atoms with Crippen LogP contribution in [0.3, 0.4) is 0 Å². The second-order valence-corrected chi connectivity index (χ2v) is 7.71. The molecule has 0 saturated carbocycles. The Morgan fingerprint density at radius 3 is 2.50 bits per heavy atom. The van der Waals surface area contributed by atoms with Crippen LogP contribution in [0, 0.1) is 13.8 Å². The van der Waals surface area contributed by atoms with Crippen molar-refractivity contribution in [1.82, 2.24) is 4.90 Å². The smallest absolute Gasteiger partial charge is 0.278 e. The molecule has 2 amide bonds. The van der Waals surface area contributed by atoms with Crippen molar-refractivity contribution in [3.63, 3.8) is 0 Å². The zero-order chi connectivity index (χ0) is 21.3. The van der Waals surface area contributed by atoms with Gasteiger partial charge in [0.1, 0.15) is 5.70 Å². The predicted octanol–water partition coefficient (Wildman–Crippen LogP) is 4.41. The van der Waals surface area contributed by atoms with E-state index in [4.69, 9.17) is 9.47 Å². The summed E-state index contributed by atoms with van der Waals surface area (Å²) in [6.07, 6.45) is 2.79. The van der Waals surface area contributed by atoms with Gasteiger partial charge in [-0.3, -0.25) is 14.5 Å². The quantitative estimate of drug-likeness (QED) is 0.545. The summed E-state index contributed by atoms with van der Waals surface area (Å²) in [5.74, 6) is 0.744. The van der Waals surface area contributed by atoms with Crippen LogP contribution in [0.2, 0.25) is 0 Å². The average Bonchev–Trinajstić information content (AvgIpc) is 3.28. The molecular weight excluding hydrogens is 380 g/mol. The lowest BCUT2D eigenvalue weighted by Gasteiger charge is -2.15. The number of carbonyl (C=O) groups is 2. The summed E-state index contributed by atoms with van der Waals surface area (Å²) in [7, 11) is 0. The summed E-state index contributed by atoms with van der Waals surface area (Å²) in [6.45, 7) is 6.73. The van der Waals surface area contributed by atoms with Gasteiger partial charge in [0.25, 0.3) is 11.8 Å². The van der Waals surface area contributed by atoms with Crippen LogP contribution in [0.25, 0.3) is 5.57 Å². The molecule has 2 aromatic rings. The molecule has 0 aromatic heterocycles. The summed E-state index contributed by atoms with van der Waals surface area (Å²) in [5, 5.41) is 3.19. The molecule has 0 spiro atoms. The number of unbranched alkanes of at least 4 members (excludes halogenated alkanes) is 2. The number of aryl methyl sites for hydroxylation is 2. The first kappa shape index (κ1) is 20.0. The Kier molecular flexibility index (Phi) is 5.48. The summed E-state index contributed by atoms with van der Waals surface area (Å²) in [6, 6.07) is 11.2. The Balaban J connectivity index is 1.72. The Bertz CT molecular complexity index is 1040. The van der Waals surface area contributed by atoms with E-state index in [1.54, 1.807) is 12.1 Å². The Hall–Kier alpha value is -3.28. The van der Waals surface area contributed by atoms with Gasteiger partial charge in [0.15, 0.2) is 11.5 Å². The molecule has 6 nitrogen and oxygen atoms in total. The molecule has 0 aliphatic carbocycles. The van der Waals surface area contributed by atoms with E-state index < -0.39 is 0 Å². The largest absolute Gasteiger partial charge is 0.454 e. The van der Waals surface area contributed by atoms with Gasteiger partial charge < -0.3 is 14.8 Å². The maximum Gasteiger partial charge on any atom is 0.278 e. The number of hydrogen-bond donors (Lipinski definition) is 1. The topological polar surface area (TPSA) is 67.9 Å². The molecule has 30 heavy (non-hydrogen) atoms. The lowest BCUT2D eigenvalue weighted by Crippen LogP contribution is -2.33. The Morgan fingerprint density at radius 2 is 1.73 bits per heavy atom. The van der Waals surface area contributed by atoms with E-state index in [9.17, 15) is 9.59 Å². The van der Waals surface area contributed by atoms with Crippen LogP contribution >= 0.6 is 0 Å². The summed E-state index contributed by atoms with van der Waals surface area (Å²) < 4.78 is 10.8. The van der Waals surface area contributed by atoms with E-state index in [0.29, 0.717) is 35.0 Å². The second kappa shape index (κ2) is 8.22. The number of nitrogens with zero attached hydrogens (tertiary/aromatic N) is 1. The van der Waals surface area contributed by atoms with E-state index in [1.165, 1.54) is 4.90 Å². The Labute approximate surface area is 176 Å². The van der Waals surface area contributed by atoms with Crippen molar-refractivity contribution >= 4 is 23.1 Å². The van der Waals surface area contributed by atoms with Crippen molar-refractivity contribution in [2.75, 3.05) is 18.7 Å². The second-order valence-electron chi connectivity index (χ2n) is 7.71. The molecule has 2 aromatic carbocycles. The third-order valence-corrected chi connectivity index (χ3v) is 5.59. The van der Waals surface area contributed by atoms with E-state index in [1.807, 2.05) is 38.1 Å². The fourth-order valence-corrected chi connectivity index (χ4v) is 3.70. The monoisotopic (exact) mass is 406 g/mol.